The molecule has 0 bridgehead atoms. The number of hydrogen-bond acceptors (Lipinski definition) is 4. The topological polar surface area (TPSA) is 89.9 Å². The first-order chi connectivity index (χ1) is 8.89. The first-order valence-corrected chi connectivity index (χ1v) is 6.72. The molecule has 0 aromatic rings. The molecule has 1 saturated heterocycles. The number of aliphatic hydroxyl groups is 2. The number of hydrogen-bond donors (Lipinski definition) is 3. The van der Waals surface area contributed by atoms with E-state index in [1.54, 1.807) is 11.8 Å². The third kappa shape index (κ3) is 3.45. The normalized spacial score (nSPS) is 20.2. The average Bonchev–Trinajstić information content (AvgIpc) is 2.78. The molecule has 1 atom stereocenters. The summed E-state index contributed by atoms with van der Waals surface area (Å²) < 4.78 is 0. The highest BCUT2D eigenvalue weighted by Crippen LogP contribution is 2.21. The number of likely N-dealkylation sites (tertiary alicyclic amines) is 1. The van der Waals surface area contributed by atoms with Crippen LogP contribution in [0.5, 0.6) is 0 Å². The van der Waals surface area contributed by atoms with Gasteiger partial charge in [0.2, 0.25) is 11.8 Å². The van der Waals surface area contributed by atoms with E-state index in [1.807, 2.05) is 13.8 Å². The Morgan fingerprint density at radius 1 is 1.47 bits per heavy atom. The van der Waals surface area contributed by atoms with E-state index in [0.29, 0.717) is 13.0 Å². The van der Waals surface area contributed by atoms with Crippen LogP contribution >= 0.6 is 0 Å². The van der Waals surface area contributed by atoms with Crippen molar-refractivity contribution in [3.8, 4) is 0 Å². The van der Waals surface area contributed by atoms with Crippen molar-refractivity contribution in [2.75, 3.05) is 19.8 Å². The second kappa shape index (κ2) is 6.34. The van der Waals surface area contributed by atoms with Gasteiger partial charge in [0.25, 0.3) is 0 Å². The Labute approximate surface area is 113 Å². The van der Waals surface area contributed by atoms with Crippen molar-refractivity contribution in [1.29, 1.82) is 0 Å². The summed E-state index contributed by atoms with van der Waals surface area (Å²) in [4.78, 5) is 25.6. The zero-order valence-electron chi connectivity index (χ0n) is 11.8. The molecule has 1 rings (SSSR count). The van der Waals surface area contributed by atoms with Gasteiger partial charge in [0.15, 0.2) is 0 Å². The average molecular weight is 272 g/mol. The van der Waals surface area contributed by atoms with Gasteiger partial charge < -0.3 is 20.4 Å². The summed E-state index contributed by atoms with van der Waals surface area (Å²) in [5, 5.41) is 21.3. The number of nitrogens with one attached hydrogen (secondary N) is 1. The van der Waals surface area contributed by atoms with E-state index in [1.165, 1.54) is 0 Å². The maximum atomic E-state index is 12.1. The second-order valence-corrected chi connectivity index (χ2v) is 5.48. The van der Waals surface area contributed by atoms with Gasteiger partial charge in [-0.25, -0.2) is 0 Å². The van der Waals surface area contributed by atoms with Crippen LogP contribution in [0.2, 0.25) is 0 Å². The van der Waals surface area contributed by atoms with Crippen molar-refractivity contribution in [2.45, 2.75) is 45.2 Å². The summed E-state index contributed by atoms with van der Waals surface area (Å²) in [6, 6.07) is 0.0805. The Bertz CT molecular complexity index is 331. The Morgan fingerprint density at radius 2 is 2.05 bits per heavy atom. The summed E-state index contributed by atoms with van der Waals surface area (Å²) in [6.45, 7) is 5.37. The molecule has 0 aromatic heterocycles. The fourth-order valence-corrected chi connectivity index (χ4v) is 2.21. The van der Waals surface area contributed by atoms with Gasteiger partial charge >= 0.3 is 0 Å². The van der Waals surface area contributed by atoms with E-state index in [9.17, 15) is 19.8 Å². The largest absolute Gasteiger partial charge is 0.394 e. The highest BCUT2D eigenvalue weighted by molar-refractivity contribution is 5.89. The molecule has 0 saturated carbocycles. The third-order valence-corrected chi connectivity index (χ3v) is 3.82. The molecule has 110 valence electrons. The molecule has 19 heavy (non-hydrogen) atoms. The van der Waals surface area contributed by atoms with Gasteiger partial charge in [0, 0.05) is 19.0 Å². The van der Waals surface area contributed by atoms with Crippen molar-refractivity contribution in [3.63, 3.8) is 0 Å². The van der Waals surface area contributed by atoms with Gasteiger partial charge in [-0.15, -0.1) is 0 Å². The van der Waals surface area contributed by atoms with Crippen molar-refractivity contribution in [2.24, 2.45) is 5.92 Å². The van der Waals surface area contributed by atoms with E-state index in [0.717, 1.165) is 0 Å². The summed E-state index contributed by atoms with van der Waals surface area (Å²) in [5.41, 5.74) is -0.995. The molecule has 6 nitrogen and oxygen atoms in total. The number of rotatable bonds is 6. The van der Waals surface area contributed by atoms with Crippen LogP contribution in [0.15, 0.2) is 0 Å². The fraction of sp³-hybridized carbons (Fsp3) is 0.846. The van der Waals surface area contributed by atoms with Crippen LogP contribution in [0.4, 0.5) is 0 Å². The lowest BCUT2D eigenvalue weighted by atomic mass is 9.96. The standard InChI is InChI=1S/C13H24N2O4/c1-4-13(7-16,8-17)14-12(19)10-5-11(18)15(6-10)9(2)3/h9-10,16-17H,4-8H2,1-3H3,(H,14,19). The van der Waals surface area contributed by atoms with E-state index in [2.05, 4.69) is 5.32 Å². The highest BCUT2D eigenvalue weighted by Gasteiger charge is 2.38. The predicted octanol–water partition coefficient (Wildman–Crippen LogP) is -0.507. The quantitative estimate of drug-likeness (QED) is 0.607. The van der Waals surface area contributed by atoms with Gasteiger partial charge in [-0.3, -0.25) is 9.59 Å². The fourth-order valence-electron chi connectivity index (χ4n) is 2.21. The summed E-state index contributed by atoms with van der Waals surface area (Å²) in [5.74, 6) is -0.703. The molecule has 0 aliphatic carbocycles. The first-order valence-electron chi connectivity index (χ1n) is 6.72. The molecule has 1 aliphatic rings. The summed E-state index contributed by atoms with van der Waals surface area (Å²) in [6.07, 6.45) is 0.626. The third-order valence-electron chi connectivity index (χ3n) is 3.82. The Kier molecular flexibility index (Phi) is 5.31. The predicted molar refractivity (Wildman–Crippen MR) is 70.3 cm³/mol. The van der Waals surface area contributed by atoms with E-state index < -0.39 is 11.5 Å². The van der Waals surface area contributed by atoms with Crippen LogP contribution in [-0.2, 0) is 9.59 Å². The lowest BCUT2D eigenvalue weighted by molar-refractivity contribution is -0.130. The van der Waals surface area contributed by atoms with E-state index in [-0.39, 0.29) is 37.5 Å². The van der Waals surface area contributed by atoms with Crippen LogP contribution in [-0.4, -0.2) is 58.3 Å². The minimum Gasteiger partial charge on any atom is -0.394 e. The highest BCUT2D eigenvalue weighted by atomic mass is 16.3. The Balaban J connectivity index is 2.67. The number of carbonyl (C=O) groups is 2. The van der Waals surface area contributed by atoms with E-state index in [4.69, 9.17) is 0 Å². The van der Waals surface area contributed by atoms with Crippen molar-refractivity contribution >= 4 is 11.8 Å². The molecule has 1 aliphatic heterocycles. The van der Waals surface area contributed by atoms with Crippen LogP contribution in [0.1, 0.15) is 33.6 Å². The lowest BCUT2D eigenvalue weighted by Gasteiger charge is -2.31. The summed E-state index contributed by atoms with van der Waals surface area (Å²) in [7, 11) is 0. The number of amides is 2. The van der Waals surface area contributed by atoms with E-state index >= 15 is 0 Å². The Morgan fingerprint density at radius 3 is 2.42 bits per heavy atom. The number of nitrogens with zero attached hydrogens (tertiary/aromatic N) is 1. The van der Waals surface area contributed by atoms with Gasteiger partial charge in [0.05, 0.1) is 24.7 Å². The molecule has 3 N–H and O–H groups in total. The SMILES string of the molecule is CCC(CO)(CO)NC(=O)C1CC(=O)N(C(C)C)C1. The van der Waals surface area contributed by atoms with Gasteiger partial charge in [-0.05, 0) is 20.3 Å². The lowest BCUT2D eigenvalue weighted by Crippen LogP contribution is -2.55. The molecule has 0 aromatic carbocycles. The minimum absolute atomic E-state index is 0.0229. The molecular weight excluding hydrogens is 248 g/mol. The first kappa shape index (κ1) is 15.9. The molecule has 2 amide bonds. The molecule has 0 spiro atoms. The molecule has 1 unspecified atom stereocenters. The smallest absolute Gasteiger partial charge is 0.226 e. The van der Waals surface area contributed by atoms with Gasteiger partial charge in [-0.2, -0.15) is 0 Å². The van der Waals surface area contributed by atoms with Crippen LogP contribution in [0, 0.1) is 5.92 Å². The second-order valence-electron chi connectivity index (χ2n) is 5.48. The molecule has 1 fully saturated rings. The van der Waals surface area contributed by atoms with Crippen LogP contribution in [0.3, 0.4) is 0 Å². The van der Waals surface area contributed by atoms with Crippen LogP contribution in [0.25, 0.3) is 0 Å². The number of aliphatic hydroxyl groups excluding tert-OH is 2. The van der Waals surface area contributed by atoms with Gasteiger partial charge in [0.1, 0.15) is 0 Å². The molecule has 6 heteroatoms. The maximum Gasteiger partial charge on any atom is 0.226 e. The molecular formula is C13H24N2O4. The summed E-state index contributed by atoms with van der Waals surface area (Å²) >= 11 is 0. The minimum atomic E-state index is -0.995. The van der Waals surface area contributed by atoms with Crippen molar-refractivity contribution < 1.29 is 19.8 Å². The van der Waals surface area contributed by atoms with Crippen molar-refractivity contribution in [3.05, 3.63) is 0 Å². The zero-order chi connectivity index (χ0) is 14.6. The zero-order valence-corrected chi connectivity index (χ0v) is 11.8. The molecule has 1 heterocycles. The maximum absolute atomic E-state index is 12.1. The van der Waals surface area contributed by atoms with Gasteiger partial charge in [-0.1, -0.05) is 6.92 Å². The van der Waals surface area contributed by atoms with Crippen molar-refractivity contribution in [1.82, 2.24) is 10.2 Å². The molecule has 0 radical (unpaired) electrons. The van der Waals surface area contributed by atoms with Crippen LogP contribution < -0.4 is 5.32 Å². The number of carbonyl (C=O) groups excluding carboxylic acids is 2. The monoisotopic (exact) mass is 272 g/mol. The Hall–Kier alpha value is -1.14.